The summed E-state index contributed by atoms with van der Waals surface area (Å²) in [6.07, 6.45) is 2.55. The predicted octanol–water partition coefficient (Wildman–Crippen LogP) is 2.70. The summed E-state index contributed by atoms with van der Waals surface area (Å²) in [5.41, 5.74) is 2.92. The zero-order valence-corrected chi connectivity index (χ0v) is 10.4. The van der Waals surface area contributed by atoms with Crippen molar-refractivity contribution >= 4 is 5.69 Å². The number of hydrogen-bond donors (Lipinski definition) is 1. The molecule has 3 nitrogen and oxygen atoms in total. The molecule has 1 fully saturated rings. The Morgan fingerprint density at radius 1 is 1.53 bits per heavy atom. The molecule has 0 heterocycles. The minimum absolute atomic E-state index is 0.368. The lowest BCUT2D eigenvalue weighted by Gasteiger charge is -2.20. The van der Waals surface area contributed by atoms with Gasteiger partial charge in [0.1, 0.15) is 0 Å². The molecule has 90 valence electrons. The second kappa shape index (κ2) is 5.20. The monoisotopic (exact) mass is 230 g/mol. The first-order valence-corrected chi connectivity index (χ1v) is 6.01. The quantitative estimate of drug-likeness (QED) is 0.846. The van der Waals surface area contributed by atoms with Gasteiger partial charge in [0, 0.05) is 12.8 Å². The standard InChI is InChI=1S/C14H18N2O/c1-10-3-4-11(8-15)7-13(10)16-14(9-17-2)12-5-6-12/h3-4,7,12,14,16H,5-6,9H2,1-2H3. The van der Waals surface area contributed by atoms with Crippen molar-refractivity contribution in [3.8, 4) is 6.07 Å². The lowest BCUT2D eigenvalue weighted by Crippen LogP contribution is -2.27. The van der Waals surface area contributed by atoms with E-state index in [1.54, 1.807) is 7.11 Å². The van der Waals surface area contributed by atoms with Gasteiger partial charge in [-0.15, -0.1) is 0 Å². The number of anilines is 1. The SMILES string of the molecule is COCC(Nc1cc(C#N)ccc1C)C1CC1. The van der Waals surface area contributed by atoms with Gasteiger partial charge in [-0.05, 0) is 43.4 Å². The van der Waals surface area contributed by atoms with Crippen LogP contribution in [-0.4, -0.2) is 19.8 Å². The lowest BCUT2D eigenvalue weighted by atomic mass is 10.1. The van der Waals surface area contributed by atoms with E-state index >= 15 is 0 Å². The lowest BCUT2D eigenvalue weighted by molar-refractivity contribution is 0.179. The van der Waals surface area contributed by atoms with Crippen LogP contribution in [0.4, 0.5) is 5.69 Å². The molecule has 0 aliphatic heterocycles. The Bertz CT molecular complexity index is 432. The highest BCUT2D eigenvalue weighted by Crippen LogP contribution is 2.34. The number of benzene rings is 1. The molecule has 1 atom stereocenters. The van der Waals surface area contributed by atoms with E-state index in [2.05, 4.69) is 18.3 Å². The maximum Gasteiger partial charge on any atom is 0.0992 e. The van der Waals surface area contributed by atoms with E-state index in [0.717, 1.165) is 18.2 Å². The molecule has 0 bridgehead atoms. The smallest absolute Gasteiger partial charge is 0.0992 e. The van der Waals surface area contributed by atoms with Crippen LogP contribution in [0.5, 0.6) is 0 Å². The highest BCUT2D eigenvalue weighted by Gasteiger charge is 2.31. The number of ether oxygens (including phenoxy) is 1. The molecule has 0 amide bonds. The molecule has 0 radical (unpaired) electrons. The molecule has 1 unspecified atom stereocenters. The normalized spacial score (nSPS) is 16.3. The predicted molar refractivity (Wildman–Crippen MR) is 67.9 cm³/mol. The number of rotatable bonds is 5. The van der Waals surface area contributed by atoms with Crippen molar-refractivity contribution in [2.75, 3.05) is 19.0 Å². The van der Waals surface area contributed by atoms with Crippen LogP contribution in [-0.2, 0) is 4.74 Å². The van der Waals surface area contributed by atoms with Crippen molar-refractivity contribution in [1.82, 2.24) is 0 Å². The van der Waals surface area contributed by atoms with Crippen molar-refractivity contribution in [3.05, 3.63) is 29.3 Å². The third kappa shape index (κ3) is 2.98. The number of nitrogens with one attached hydrogen (secondary N) is 1. The molecule has 1 aromatic rings. The number of aryl methyl sites for hydroxylation is 1. The molecular weight excluding hydrogens is 212 g/mol. The van der Waals surface area contributed by atoms with Gasteiger partial charge in [-0.2, -0.15) is 5.26 Å². The van der Waals surface area contributed by atoms with E-state index in [-0.39, 0.29) is 0 Å². The Morgan fingerprint density at radius 3 is 2.88 bits per heavy atom. The molecule has 1 N–H and O–H groups in total. The molecule has 3 heteroatoms. The Balaban J connectivity index is 2.13. The first kappa shape index (κ1) is 11.9. The topological polar surface area (TPSA) is 45.0 Å². The highest BCUT2D eigenvalue weighted by molar-refractivity contribution is 5.55. The van der Waals surface area contributed by atoms with E-state index in [9.17, 15) is 0 Å². The average Bonchev–Trinajstić information content (AvgIpc) is 3.15. The minimum Gasteiger partial charge on any atom is -0.383 e. The minimum atomic E-state index is 0.368. The van der Waals surface area contributed by atoms with Crippen LogP contribution in [0.15, 0.2) is 18.2 Å². The molecule has 0 saturated heterocycles. The maximum atomic E-state index is 8.91. The van der Waals surface area contributed by atoms with E-state index in [1.165, 1.54) is 18.4 Å². The molecular formula is C14H18N2O. The highest BCUT2D eigenvalue weighted by atomic mass is 16.5. The summed E-state index contributed by atoms with van der Waals surface area (Å²) in [6, 6.07) is 8.29. The summed E-state index contributed by atoms with van der Waals surface area (Å²) in [5.74, 6) is 0.722. The Kier molecular flexibility index (Phi) is 3.65. The van der Waals surface area contributed by atoms with Crippen LogP contribution in [0.1, 0.15) is 24.0 Å². The molecule has 0 spiro atoms. The molecule has 0 aromatic heterocycles. The molecule has 1 aliphatic rings. The summed E-state index contributed by atoms with van der Waals surface area (Å²) >= 11 is 0. The summed E-state index contributed by atoms with van der Waals surface area (Å²) in [6.45, 7) is 2.78. The van der Waals surface area contributed by atoms with Gasteiger partial charge < -0.3 is 10.1 Å². The summed E-state index contributed by atoms with van der Waals surface area (Å²) in [4.78, 5) is 0. The van der Waals surface area contributed by atoms with E-state index in [1.807, 2.05) is 18.2 Å². The van der Waals surface area contributed by atoms with Crippen LogP contribution in [0.3, 0.4) is 0 Å². The zero-order valence-electron chi connectivity index (χ0n) is 10.4. The molecule has 1 saturated carbocycles. The molecule has 17 heavy (non-hydrogen) atoms. The van der Waals surface area contributed by atoms with Crippen LogP contribution >= 0.6 is 0 Å². The third-order valence-corrected chi connectivity index (χ3v) is 3.24. The molecule has 1 aromatic carbocycles. The molecule has 2 rings (SSSR count). The van der Waals surface area contributed by atoms with E-state index < -0.39 is 0 Å². The average molecular weight is 230 g/mol. The Hall–Kier alpha value is -1.53. The second-order valence-corrected chi connectivity index (χ2v) is 4.69. The van der Waals surface area contributed by atoms with Gasteiger partial charge in [0.05, 0.1) is 24.3 Å². The van der Waals surface area contributed by atoms with Gasteiger partial charge in [-0.1, -0.05) is 6.07 Å². The van der Waals surface area contributed by atoms with Crippen LogP contribution in [0.25, 0.3) is 0 Å². The van der Waals surface area contributed by atoms with Crippen molar-refractivity contribution < 1.29 is 4.74 Å². The van der Waals surface area contributed by atoms with E-state index in [0.29, 0.717) is 11.6 Å². The van der Waals surface area contributed by atoms with Gasteiger partial charge in [0.2, 0.25) is 0 Å². The van der Waals surface area contributed by atoms with Crippen molar-refractivity contribution in [2.45, 2.75) is 25.8 Å². The fourth-order valence-electron chi connectivity index (χ4n) is 2.02. The van der Waals surface area contributed by atoms with Crippen molar-refractivity contribution in [3.63, 3.8) is 0 Å². The summed E-state index contributed by atoms with van der Waals surface area (Å²) in [7, 11) is 1.73. The van der Waals surface area contributed by atoms with E-state index in [4.69, 9.17) is 10.00 Å². The largest absolute Gasteiger partial charge is 0.383 e. The Labute approximate surface area is 102 Å². The zero-order chi connectivity index (χ0) is 12.3. The van der Waals surface area contributed by atoms with Gasteiger partial charge >= 0.3 is 0 Å². The van der Waals surface area contributed by atoms with Gasteiger partial charge in [0.25, 0.3) is 0 Å². The second-order valence-electron chi connectivity index (χ2n) is 4.69. The first-order valence-electron chi connectivity index (χ1n) is 6.01. The third-order valence-electron chi connectivity index (χ3n) is 3.24. The van der Waals surface area contributed by atoms with Gasteiger partial charge in [-0.25, -0.2) is 0 Å². The van der Waals surface area contributed by atoms with Gasteiger partial charge in [0.15, 0.2) is 0 Å². The number of hydrogen-bond acceptors (Lipinski definition) is 3. The number of nitrogens with zero attached hydrogens (tertiary/aromatic N) is 1. The first-order chi connectivity index (χ1) is 8.24. The Morgan fingerprint density at radius 2 is 2.29 bits per heavy atom. The fraction of sp³-hybridized carbons (Fsp3) is 0.500. The number of nitriles is 1. The van der Waals surface area contributed by atoms with Crippen LogP contribution in [0.2, 0.25) is 0 Å². The fourth-order valence-corrected chi connectivity index (χ4v) is 2.02. The number of methoxy groups -OCH3 is 1. The molecule has 1 aliphatic carbocycles. The van der Waals surface area contributed by atoms with Gasteiger partial charge in [-0.3, -0.25) is 0 Å². The van der Waals surface area contributed by atoms with Crippen molar-refractivity contribution in [1.29, 1.82) is 5.26 Å². The van der Waals surface area contributed by atoms with Crippen LogP contribution in [0, 0.1) is 24.2 Å². The summed E-state index contributed by atoms with van der Waals surface area (Å²) in [5, 5.41) is 12.4. The van der Waals surface area contributed by atoms with Crippen molar-refractivity contribution in [2.24, 2.45) is 5.92 Å². The van der Waals surface area contributed by atoms with Crippen LogP contribution < -0.4 is 5.32 Å². The maximum absolute atomic E-state index is 8.91. The summed E-state index contributed by atoms with van der Waals surface area (Å²) < 4.78 is 5.25.